The molecule has 0 amide bonds. The molecule has 1 unspecified atom stereocenters. The number of nitrogens with one attached hydrogen (secondary N) is 1. The first-order valence-electron chi connectivity index (χ1n) is 6.26. The van der Waals surface area contributed by atoms with E-state index in [0.29, 0.717) is 24.2 Å². The van der Waals surface area contributed by atoms with Crippen molar-refractivity contribution in [3.63, 3.8) is 0 Å². The average molecular weight is 224 g/mol. The highest BCUT2D eigenvalue weighted by molar-refractivity contribution is 5.91. The highest BCUT2D eigenvalue weighted by atomic mass is 16.1. The predicted molar refractivity (Wildman–Crippen MR) is 61.3 cm³/mol. The van der Waals surface area contributed by atoms with Gasteiger partial charge in [-0.3, -0.25) is 14.5 Å². The number of hydrogen-bond donors (Lipinski definition) is 1. The summed E-state index contributed by atoms with van der Waals surface area (Å²) in [4.78, 5) is 23.5. The highest BCUT2D eigenvalue weighted by Crippen LogP contribution is 2.24. The lowest BCUT2D eigenvalue weighted by molar-refractivity contribution is -0.133. The van der Waals surface area contributed by atoms with Gasteiger partial charge < -0.3 is 5.32 Å². The molecule has 1 N–H and O–H groups in total. The molecular formula is C12H20N2O2. The van der Waals surface area contributed by atoms with E-state index in [1.165, 1.54) is 6.42 Å². The molecule has 3 aliphatic rings. The first kappa shape index (κ1) is 11.7. The lowest BCUT2D eigenvalue weighted by atomic mass is 10.0. The van der Waals surface area contributed by atoms with Crippen LogP contribution in [0.2, 0.25) is 0 Å². The molecule has 0 saturated carbocycles. The van der Waals surface area contributed by atoms with Gasteiger partial charge in [-0.25, -0.2) is 0 Å². The molecule has 0 spiro atoms. The van der Waals surface area contributed by atoms with Crippen molar-refractivity contribution in [2.45, 2.75) is 38.1 Å². The zero-order chi connectivity index (χ0) is 11.4. The van der Waals surface area contributed by atoms with Gasteiger partial charge in [-0.05, 0) is 38.8 Å². The number of carbonyl (C=O) groups excluding carboxylic acids is 2. The van der Waals surface area contributed by atoms with Crippen molar-refractivity contribution in [2.75, 3.05) is 26.2 Å². The maximum Gasteiger partial charge on any atom is 0.163 e. The van der Waals surface area contributed by atoms with Gasteiger partial charge in [-0.1, -0.05) is 0 Å². The van der Waals surface area contributed by atoms with E-state index >= 15 is 0 Å². The van der Waals surface area contributed by atoms with Gasteiger partial charge >= 0.3 is 0 Å². The van der Waals surface area contributed by atoms with E-state index in [1.54, 1.807) is 0 Å². The van der Waals surface area contributed by atoms with Crippen molar-refractivity contribution in [2.24, 2.45) is 0 Å². The fourth-order valence-electron chi connectivity index (χ4n) is 2.46. The Bertz CT molecular complexity index is 261. The summed E-state index contributed by atoms with van der Waals surface area (Å²) >= 11 is 0. The van der Waals surface area contributed by atoms with Crippen LogP contribution in [0.4, 0.5) is 0 Å². The number of rotatable bonds is 0. The zero-order valence-corrected chi connectivity index (χ0v) is 9.71. The van der Waals surface area contributed by atoms with Crippen molar-refractivity contribution in [1.82, 2.24) is 10.2 Å². The molecule has 4 nitrogen and oxygen atoms in total. The van der Waals surface area contributed by atoms with Gasteiger partial charge in [0.25, 0.3) is 0 Å². The van der Waals surface area contributed by atoms with Crippen LogP contribution >= 0.6 is 0 Å². The summed E-state index contributed by atoms with van der Waals surface area (Å²) in [6, 6.07) is 0.356. The second-order valence-corrected chi connectivity index (χ2v) is 4.77. The van der Waals surface area contributed by atoms with Crippen LogP contribution in [-0.4, -0.2) is 48.7 Å². The van der Waals surface area contributed by atoms with Crippen molar-refractivity contribution in [1.29, 1.82) is 0 Å². The summed E-state index contributed by atoms with van der Waals surface area (Å²) in [5.74, 6) is 0.824. The number of nitrogens with zero attached hydrogens (tertiary/aromatic N) is 1. The molecule has 3 rings (SSSR count). The minimum atomic E-state index is 0.356. The standard InChI is InChI=1S/C6H9NO.C6H11NO/c8-6-4-7-3-1-2-5(6)7;8-6-3-1-2-4-7-5-6/h5H,1-4H2;7H,1-5H2. The molecule has 0 bridgehead atoms. The van der Waals surface area contributed by atoms with Crippen LogP contribution in [0.3, 0.4) is 0 Å². The Morgan fingerprint density at radius 2 is 2.06 bits per heavy atom. The molecule has 0 radical (unpaired) electrons. The number of hydrogen-bond acceptors (Lipinski definition) is 4. The topological polar surface area (TPSA) is 49.4 Å². The molecule has 3 saturated heterocycles. The van der Waals surface area contributed by atoms with Crippen LogP contribution in [0.1, 0.15) is 32.1 Å². The number of Topliss-reactive ketones (excluding diaryl/α,β-unsaturated/α-hetero) is 2. The van der Waals surface area contributed by atoms with E-state index in [9.17, 15) is 9.59 Å². The van der Waals surface area contributed by atoms with Crippen LogP contribution in [0.25, 0.3) is 0 Å². The van der Waals surface area contributed by atoms with Crippen molar-refractivity contribution < 1.29 is 9.59 Å². The molecular weight excluding hydrogens is 204 g/mol. The van der Waals surface area contributed by atoms with Crippen molar-refractivity contribution in [3.8, 4) is 0 Å². The molecule has 3 aliphatic heterocycles. The van der Waals surface area contributed by atoms with Crippen LogP contribution in [0.5, 0.6) is 0 Å². The van der Waals surface area contributed by atoms with Gasteiger partial charge in [0.1, 0.15) is 5.78 Å². The number of fused-ring (bicyclic) bond motifs is 1. The molecule has 0 aromatic carbocycles. The van der Waals surface area contributed by atoms with E-state index < -0.39 is 0 Å². The summed E-state index contributed by atoms with van der Waals surface area (Å²) in [6.45, 7) is 3.52. The molecule has 90 valence electrons. The van der Waals surface area contributed by atoms with Crippen LogP contribution in [0, 0.1) is 0 Å². The van der Waals surface area contributed by atoms with Crippen molar-refractivity contribution in [3.05, 3.63) is 0 Å². The fourth-order valence-corrected chi connectivity index (χ4v) is 2.46. The normalized spacial score (nSPS) is 29.9. The highest BCUT2D eigenvalue weighted by Gasteiger charge is 2.39. The summed E-state index contributed by atoms with van der Waals surface area (Å²) in [5, 5.41) is 3.05. The third-order valence-electron chi connectivity index (χ3n) is 3.48. The lowest BCUT2D eigenvalue weighted by Crippen LogP contribution is -2.52. The number of carbonyl (C=O) groups is 2. The fraction of sp³-hybridized carbons (Fsp3) is 0.833. The van der Waals surface area contributed by atoms with Crippen LogP contribution in [0.15, 0.2) is 0 Å². The second-order valence-electron chi connectivity index (χ2n) is 4.77. The minimum absolute atomic E-state index is 0.356. The Morgan fingerprint density at radius 3 is 2.75 bits per heavy atom. The molecule has 4 heteroatoms. The maximum absolute atomic E-state index is 10.7. The third kappa shape index (κ3) is 2.89. The Morgan fingerprint density at radius 1 is 1.19 bits per heavy atom. The van der Waals surface area contributed by atoms with Crippen LogP contribution < -0.4 is 5.32 Å². The summed E-state index contributed by atoms with van der Waals surface area (Å²) in [6.07, 6.45) is 5.37. The smallest absolute Gasteiger partial charge is 0.163 e. The summed E-state index contributed by atoms with van der Waals surface area (Å²) in [5.41, 5.74) is 0. The average Bonchev–Trinajstić information content (AvgIpc) is 2.48. The van der Waals surface area contributed by atoms with E-state index in [0.717, 1.165) is 45.3 Å². The Kier molecular flexibility index (Phi) is 4.07. The molecule has 0 aliphatic carbocycles. The van der Waals surface area contributed by atoms with Crippen LogP contribution in [-0.2, 0) is 9.59 Å². The summed E-state index contributed by atoms with van der Waals surface area (Å²) < 4.78 is 0. The molecule has 0 aromatic rings. The molecule has 3 fully saturated rings. The van der Waals surface area contributed by atoms with Gasteiger partial charge in [0.15, 0.2) is 5.78 Å². The van der Waals surface area contributed by atoms with E-state index in [-0.39, 0.29) is 0 Å². The van der Waals surface area contributed by atoms with Gasteiger partial charge in [0.05, 0.1) is 19.1 Å². The van der Waals surface area contributed by atoms with Gasteiger partial charge in [0, 0.05) is 6.42 Å². The maximum atomic E-state index is 10.7. The zero-order valence-electron chi connectivity index (χ0n) is 9.71. The van der Waals surface area contributed by atoms with E-state index in [1.807, 2.05) is 0 Å². The van der Waals surface area contributed by atoms with Gasteiger partial charge in [-0.2, -0.15) is 0 Å². The van der Waals surface area contributed by atoms with E-state index in [2.05, 4.69) is 10.2 Å². The second kappa shape index (κ2) is 5.55. The van der Waals surface area contributed by atoms with Gasteiger partial charge in [-0.15, -0.1) is 0 Å². The van der Waals surface area contributed by atoms with Gasteiger partial charge in [0.2, 0.25) is 0 Å². The minimum Gasteiger partial charge on any atom is -0.310 e. The molecule has 16 heavy (non-hydrogen) atoms. The molecule has 3 heterocycles. The first-order chi connectivity index (χ1) is 7.77. The quantitative estimate of drug-likeness (QED) is 0.645. The molecule has 1 atom stereocenters. The predicted octanol–water partition coefficient (Wildman–Crippen LogP) is 0.363. The Hall–Kier alpha value is -0.740. The largest absolute Gasteiger partial charge is 0.310 e. The first-order valence-corrected chi connectivity index (χ1v) is 6.26. The lowest BCUT2D eigenvalue weighted by Gasteiger charge is -2.32. The van der Waals surface area contributed by atoms with Crippen molar-refractivity contribution >= 4 is 11.6 Å². The Labute approximate surface area is 96.4 Å². The third-order valence-corrected chi connectivity index (χ3v) is 3.48. The SMILES string of the molecule is O=C1CCCCNC1.O=C1CN2CCCC12. The summed E-state index contributed by atoms with van der Waals surface area (Å²) in [7, 11) is 0. The van der Waals surface area contributed by atoms with E-state index in [4.69, 9.17) is 0 Å². The molecule has 0 aromatic heterocycles. The number of ketones is 2. The monoisotopic (exact) mass is 224 g/mol. The Balaban J connectivity index is 0.000000120.